The van der Waals surface area contributed by atoms with Crippen LogP contribution in [0, 0.1) is 0 Å². The average Bonchev–Trinajstić information content (AvgIpc) is 2.57. The number of rotatable bonds is 9. The molecule has 3 nitrogen and oxygen atoms in total. The molecule has 0 saturated heterocycles. The second-order valence-corrected chi connectivity index (χ2v) is 5.90. The Bertz CT molecular complexity index is 531. The molecule has 0 N–H and O–H groups in total. The molecule has 23 heavy (non-hydrogen) atoms. The highest BCUT2D eigenvalue weighted by atomic mass is 16.5. The number of ether oxygens (including phenoxy) is 3. The van der Waals surface area contributed by atoms with Gasteiger partial charge in [0, 0.05) is 7.11 Å². The molecule has 1 rings (SSSR count). The molecular weight excluding hydrogens is 288 g/mol. The van der Waals surface area contributed by atoms with E-state index >= 15 is 0 Å². The molecule has 2 unspecified atom stereocenters. The smallest absolute Gasteiger partial charge is 0.118 e. The van der Waals surface area contributed by atoms with Gasteiger partial charge < -0.3 is 14.2 Å². The molecular formula is C20H30O3. The lowest BCUT2D eigenvalue weighted by Crippen LogP contribution is -2.21. The summed E-state index contributed by atoms with van der Waals surface area (Å²) in [5.74, 6) is 0. The van der Waals surface area contributed by atoms with Crippen molar-refractivity contribution in [1.82, 2.24) is 0 Å². The molecule has 0 spiro atoms. The minimum absolute atomic E-state index is 0.00436. The summed E-state index contributed by atoms with van der Waals surface area (Å²) in [7, 11) is 1.68. The second-order valence-electron chi connectivity index (χ2n) is 5.90. The van der Waals surface area contributed by atoms with E-state index in [4.69, 9.17) is 14.2 Å². The maximum atomic E-state index is 5.77. The molecule has 1 aromatic rings. The van der Waals surface area contributed by atoms with Crippen LogP contribution in [0.3, 0.4) is 0 Å². The summed E-state index contributed by atoms with van der Waals surface area (Å²) in [6, 6.07) is 8.49. The van der Waals surface area contributed by atoms with Crippen molar-refractivity contribution in [3.8, 4) is 0 Å². The minimum Gasteiger partial charge on any atom is -0.496 e. The SMILES string of the molecule is C/C=C(\C)c1cccc(/C(C)=C/OC(C)COC(C)COC)c1. The lowest BCUT2D eigenvalue weighted by atomic mass is 10.0. The van der Waals surface area contributed by atoms with E-state index in [1.807, 2.05) is 20.1 Å². The first-order valence-electron chi connectivity index (χ1n) is 8.14. The highest BCUT2D eigenvalue weighted by Crippen LogP contribution is 2.20. The molecule has 0 amide bonds. The van der Waals surface area contributed by atoms with Crippen LogP contribution in [0.15, 0.2) is 36.6 Å². The quantitative estimate of drug-likeness (QED) is 0.604. The first-order valence-corrected chi connectivity index (χ1v) is 8.14. The number of benzene rings is 1. The van der Waals surface area contributed by atoms with Gasteiger partial charge in [0.05, 0.1) is 25.6 Å². The van der Waals surface area contributed by atoms with Crippen LogP contribution < -0.4 is 0 Å². The molecule has 0 fully saturated rings. The Balaban J connectivity index is 2.60. The zero-order valence-electron chi connectivity index (χ0n) is 15.3. The molecule has 0 radical (unpaired) electrons. The summed E-state index contributed by atoms with van der Waals surface area (Å²) in [4.78, 5) is 0. The number of hydrogen-bond donors (Lipinski definition) is 0. The molecule has 1 aromatic carbocycles. The van der Waals surface area contributed by atoms with Gasteiger partial charge >= 0.3 is 0 Å². The Labute approximate surface area is 141 Å². The van der Waals surface area contributed by atoms with Gasteiger partial charge in [-0.25, -0.2) is 0 Å². The van der Waals surface area contributed by atoms with Gasteiger partial charge in [-0.15, -0.1) is 0 Å². The molecule has 0 aliphatic rings. The maximum absolute atomic E-state index is 5.77. The molecule has 128 valence electrons. The van der Waals surface area contributed by atoms with Crippen molar-refractivity contribution >= 4 is 11.1 Å². The molecule has 3 heteroatoms. The van der Waals surface area contributed by atoms with Crippen LogP contribution in [0.5, 0.6) is 0 Å². The van der Waals surface area contributed by atoms with Crippen molar-refractivity contribution in [3.63, 3.8) is 0 Å². The van der Waals surface area contributed by atoms with E-state index in [9.17, 15) is 0 Å². The Morgan fingerprint density at radius 3 is 2.30 bits per heavy atom. The van der Waals surface area contributed by atoms with Crippen molar-refractivity contribution in [1.29, 1.82) is 0 Å². The van der Waals surface area contributed by atoms with Crippen LogP contribution in [-0.2, 0) is 14.2 Å². The van der Waals surface area contributed by atoms with Crippen molar-refractivity contribution in [2.75, 3.05) is 20.3 Å². The standard InChI is InChI=1S/C20H30O3/c1-7-15(2)19-9-8-10-20(11-19)16(3)12-22-18(5)14-23-17(4)13-21-6/h7-12,17-18H,13-14H2,1-6H3/b15-7+,16-12+. The van der Waals surface area contributed by atoms with Gasteiger partial charge in [0.1, 0.15) is 6.10 Å². The summed E-state index contributed by atoms with van der Waals surface area (Å²) in [5, 5.41) is 0. The van der Waals surface area contributed by atoms with Crippen molar-refractivity contribution < 1.29 is 14.2 Å². The highest BCUT2D eigenvalue weighted by Gasteiger charge is 2.07. The Morgan fingerprint density at radius 1 is 1.04 bits per heavy atom. The van der Waals surface area contributed by atoms with Gasteiger partial charge in [-0.2, -0.15) is 0 Å². The number of hydrogen-bond acceptors (Lipinski definition) is 3. The van der Waals surface area contributed by atoms with Crippen molar-refractivity contribution in [2.24, 2.45) is 0 Å². The molecule has 2 atom stereocenters. The molecule has 0 aliphatic heterocycles. The fraction of sp³-hybridized carbons (Fsp3) is 0.500. The minimum atomic E-state index is 0.00436. The highest BCUT2D eigenvalue weighted by molar-refractivity contribution is 5.70. The van der Waals surface area contributed by atoms with Crippen molar-refractivity contribution in [2.45, 2.75) is 46.8 Å². The van der Waals surface area contributed by atoms with E-state index in [-0.39, 0.29) is 12.2 Å². The molecule has 0 aromatic heterocycles. The molecule has 0 heterocycles. The van der Waals surface area contributed by atoms with Gasteiger partial charge in [0.15, 0.2) is 0 Å². The zero-order chi connectivity index (χ0) is 17.2. The third-order valence-corrected chi connectivity index (χ3v) is 3.70. The Kier molecular flexibility index (Phi) is 8.67. The third kappa shape index (κ3) is 7.02. The maximum Gasteiger partial charge on any atom is 0.118 e. The molecule has 0 bridgehead atoms. The monoisotopic (exact) mass is 318 g/mol. The Hall–Kier alpha value is -1.58. The van der Waals surface area contributed by atoms with E-state index in [2.05, 4.69) is 51.1 Å². The normalized spacial score (nSPS) is 15.4. The summed E-state index contributed by atoms with van der Waals surface area (Å²) >= 11 is 0. The average molecular weight is 318 g/mol. The fourth-order valence-corrected chi connectivity index (χ4v) is 2.08. The summed E-state index contributed by atoms with van der Waals surface area (Å²) in [5.41, 5.74) is 4.79. The molecule has 0 saturated carbocycles. The van der Waals surface area contributed by atoms with Gasteiger partial charge in [0.2, 0.25) is 0 Å². The second kappa shape index (κ2) is 10.2. The molecule has 0 aliphatic carbocycles. The Morgan fingerprint density at radius 2 is 1.70 bits per heavy atom. The third-order valence-electron chi connectivity index (χ3n) is 3.70. The summed E-state index contributed by atoms with van der Waals surface area (Å²) < 4.78 is 16.5. The van der Waals surface area contributed by atoms with Crippen LogP contribution in [0.25, 0.3) is 11.1 Å². The van der Waals surface area contributed by atoms with Crippen LogP contribution in [0.4, 0.5) is 0 Å². The summed E-state index contributed by atoms with van der Waals surface area (Å²) in [6.07, 6.45) is 4.02. The predicted octanol–water partition coefficient (Wildman–Crippen LogP) is 4.93. The van der Waals surface area contributed by atoms with Gasteiger partial charge in [0.25, 0.3) is 0 Å². The summed E-state index contributed by atoms with van der Waals surface area (Å²) in [6.45, 7) is 11.4. The van der Waals surface area contributed by atoms with Gasteiger partial charge in [-0.05, 0) is 63.0 Å². The topological polar surface area (TPSA) is 27.7 Å². The van der Waals surface area contributed by atoms with E-state index < -0.39 is 0 Å². The van der Waals surface area contributed by atoms with E-state index in [1.54, 1.807) is 7.11 Å². The van der Waals surface area contributed by atoms with Crippen LogP contribution in [0.1, 0.15) is 45.7 Å². The van der Waals surface area contributed by atoms with Crippen molar-refractivity contribution in [3.05, 3.63) is 47.7 Å². The van der Waals surface area contributed by atoms with Gasteiger partial charge in [-0.1, -0.05) is 24.3 Å². The first-order chi connectivity index (χ1) is 11.0. The lowest BCUT2D eigenvalue weighted by Gasteiger charge is -2.17. The van der Waals surface area contributed by atoms with Gasteiger partial charge in [-0.3, -0.25) is 0 Å². The van der Waals surface area contributed by atoms with Crippen LogP contribution >= 0.6 is 0 Å². The predicted molar refractivity (Wildman–Crippen MR) is 97.3 cm³/mol. The fourth-order valence-electron chi connectivity index (χ4n) is 2.08. The number of methoxy groups -OCH3 is 1. The van der Waals surface area contributed by atoms with Crippen LogP contribution in [0.2, 0.25) is 0 Å². The zero-order valence-corrected chi connectivity index (χ0v) is 15.3. The largest absolute Gasteiger partial charge is 0.496 e. The first kappa shape index (κ1) is 19.5. The number of allylic oxidation sites excluding steroid dienone is 3. The van der Waals surface area contributed by atoms with E-state index in [0.717, 1.165) is 5.57 Å². The lowest BCUT2D eigenvalue weighted by molar-refractivity contribution is -0.0302. The van der Waals surface area contributed by atoms with Crippen LogP contribution in [-0.4, -0.2) is 32.5 Å². The van der Waals surface area contributed by atoms with E-state index in [0.29, 0.717) is 13.2 Å². The van der Waals surface area contributed by atoms with E-state index in [1.165, 1.54) is 16.7 Å².